The molecule has 0 aliphatic carbocycles. The van der Waals surface area contributed by atoms with E-state index < -0.39 is 5.91 Å². The molecule has 1 N–H and O–H groups in total. The molecule has 0 aromatic heterocycles. The SMILES string of the molecule is C[C@@H]1C[C@H](C)CN(C(=O)N(C(=O)CNC(=O)Cc2ccccc2)c2ccc(Br)cc2)C1. The van der Waals surface area contributed by atoms with Crippen LogP contribution in [0.1, 0.15) is 25.8 Å². The summed E-state index contributed by atoms with van der Waals surface area (Å²) in [6.45, 7) is 5.22. The Morgan fingerprint density at radius 3 is 2.23 bits per heavy atom. The number of hydrogen-bond donors (Lipinski definition) is 1. The lowest BCUT2D eigenvalue weighted by atomic mass is 9.92. The van der Waals surface area contributed by atoms with Crippen LogP contribution >= 0.6 is 15.9 Å². The van der Waals surface area contributed by atoms with E-state index in [0.29, 0.717) is 30.6 Å². The number of amides is 4. The van der Waals surface area contributed by atoms with Crippen LogP contribution in [0, 0.1) is 11.8 Å². The second kappa shape index (κ2) is 10.6. The van der Waals surface area contributed by atoms with Gasteiger partial charge >= 0.3 is 6.03 Å². The molecule has 0 saturated carbocycles. The quantitative estimate of drug-likeness (QED) is 0.688. The van der Waals surface area contributed by atoms with Gasteiger partial charge in [-0.05, 0) is 48.1 Å². The molecule has 1 saturated heterocycles. The van der Waals surface area contributed by atoms with Gasteiger partial charge in [-0.2, -0.15) is 0 Å². The normalized spacial score (nSPS) is 18.4. The van der Waals surface area contributed by atoms with E-state index in [1.807, 2.05) is 30.3 Å². The van der Waals surface area contributed by atoms with Gasteiger partial charge in [0, 0.05) is 17.6 Å². The minimum absolute atomic E-state index is 0.182. The van der Waals surface area contributed by atoms with Crippen molar-refractivity contribution in [3.8, 4) is 0 Å². The number of nitrogens with one attached hydrogen (secondary N) is 1. The lowest BCUT2D eigenvalue weighted by Gasteiger charge is -2.37. The molecular formula is C24H28BrN3O3. The number of piperidine rings is 1. The predicted molar refractivity (Wildman–Crippen MR) is 125 cm³/mol. The monoisotopic (exact) mass is 485 g/mol. The number of halogens is 1. The van der Waals surface area contributed by atoms with Gasteiger partial charge in [-0.15, -0.1) is 0 Å². The van der Waals surface area contributed by atoms with Gasteiger partial charge in [-0.3, -0.25) is 9.59 Å². The summed E-state index contributed by atoms with van der Waals surface area (Å²) in [6, 6.07) is 16.0. The third kappa shape index (κ3) is 6.40. The Kier molecular flexibility index (Phi) is 7.85. The van der Waals surface area contributed by atoms with Crippen molar-refractivity contribution in [2.24, 2.45) is 11.8 Å². The molecule has 0 radical (unpaired) electrons. The Bertz CT molecular complexity index is 907. The van der Waals surface area contributed by atoms with E-state index in [0.717, 1.165) is 16.5 Å². The van der Waals surface area contributed by atoms with Gasteiger partial charge in [0.05, 0.1) is 18.7 Å². The van der Waals surface area contributed by atoms with E-state index in [4.69, 9.17) is 0 Å². The molecule has 0 unspecified atom stereocenters. The molecule has 0 bridgehead atoms. The van der Waals surface area contributed by atoms with Crippen molar-refractivity contribution < 1.29 is 14.4 Å². The van der Waals surface area contributed by atoms with Crippen molar-refractivity contribution in [1.29, 1.82) is 0 Å². The van der Waals surface area contributed by atoms with Gasteiger partial charge in [0.2, 0.25) is 5.91 Å². The maximum absolute atomic E-state index is 13.4. The van der Waals surface area contributed by atoms with Crippen LogP contribution in [0.2, 0.25) is 0 Å². The Balaban J connectivity index is 1.72. The highest BCUT2D eigenvalue weighted by molar-refractivity contribution is 9.10. The number of nitrogens with zero attached hydrogens (tertiary/aromatic N) is 2. The van der Waals surface area contributed by atoms with Crippen LogP contribution in [0.4, 0.5) is 10.5 Å². The maximum Gasteiger partial charge on any atom is 0.331 e. The van der Waals surface area contributed by atoms with E-state index in [-0.39, 0.29) is 24.9 Å². The number of carbonyl (C=O) groups is 3. The van der Waals surface area contributed by atoms with Crippen molar-refractivity contribution in [2.75, 3.05) is 24.5 Å². The van der Waals surface area contributed by atoms with Crippen LogP contribution in [-0.4, -0.2) is 42.4 Å². The highest BCUT2D eigenvalue weighted by Gasteiger charge is 2.32. The van der Waals surface area contributed by atoms with E-state index in [2.05, 4.69) is 35.1 Å². The topological polar surface area (TPSA) is 69.7 Å². The van der Waals surface area contributed by atoms with E-state index >= 15 is 0 Å². The van der Waals surface area contributed by atoms with Crippen molar-refractivity contribution in [3.05, 3.63) is 64.6 Å². The maximum atomic E-state index is 13.4. The molecule has 1 aliphatic rings. The highest BCUT2D eigenvalue weighted by atomic mass is 79.9. The number of urea groups is 1. The molecule has 3 rings (SSSR count). The van der Waals surface area contributed by atoms with Crippen LogP contribution in [0.15, 0.2) is 59.1 Å². The van der Waals surface area contributed by atoms with Crippen LogP contribution in [-0.2, 0) is 16.0 Å². The first-order valence-corrected chi connectivity index (χ1v) is 11.3. The van der Waals surface area contributed by atoms with Crippen molar-refractivity contribution in [3.63, 3.8) is 0 Å². The number of anilines is 1. The molecule has 0 spiro atoms. The number of hydrogen-bond acceptors (Lipinski definition) is 3. The molecule has 1 heterocycles. The van der Waals surface area contributed by atoms with Crippen LogP contribution in [0.3, 0.4) is 0 Å². The number of rotatable bonds is 5. The number of benzene rings is 2. The van der Waals surface area contributed by atoms with Crippen LogP contribution in [0.25, 0.3) is 0 Å². The van der Waals surface area contributed by atoms with Crippen molar-refractivity contribution in [1.82, 2.24) is 10.2 Å². The molecule has 1 aliphatic heterocycles. The van der Waals surface area contributed by atoms with Crippen LogP contribution < -0.4 is 10.2 Å². The first kappa shape index (κ1) is 23.0. The first-order chi connectivity index (χ1) is 14.8. The van der Waals surface area contributed by atoms with Gasteiger partial charge in [-0.1, -0.05) is 60.1 Å². The highest BCUT2D eigenvalue weighted by Crippen LogP contribution is 2.25. The Labute approximate surface area is 191 Å². The number of carbonyl (C=O) groups excluding carboxylic acids is 3. The Hall–Kier alpha value is -2.67. The fourth-order valence-corrected chi connectivity index (χ4v) is 4.27. The van der Waals surface area contributed by atoms with Gasteiger partial charge in [0.15, 0.2) is 0 Å². The second-order valence-electron chi connectivity index (χ2n) is 8.28. The standard InChI is InChI=1S/C24H28BrN3O3/c1-17-12-18(2)16-27(15-17)24(31)28(21-10-8-20(25)9-11-21)23(30)14-26-22(29)13-19-6-4-3-5-7-19/h3-11,17-18H,12-16H2,1-2H3,(H,26,29)/t17-,18+. The Morgan fingerprint density at radius 2 is 1.61 bits per heavy atom. The second-order valence-corrected chi connectivity index (χ2v) is 9.19. The molecule has 1 fully saturated rings. The fraction of sp³-hybridized carbons (Fsp3) is 0.375. The van der Waals surface area contributed by atoms with Gasteiger partial charge in [0.25, 0.3) is 5.91 Å². The zero-order valence-corrected chi connectivity index (χ0v) is 19.5. The minimum atomic E-state index is -0.459. The zero-order valence-electron chi connectivity index (χ0n) is 17.9. The summed E-state index contributed by atoms with van der Waals surface area (Å²) in [5, 5.41) is 2.66. The molecule has 2 aromatic carbocycles. The fourth-order valence-electron chi connectivity index (χ4n) is 4.01. The molecule has 2 atom stereocenters. The van der Waals surface area contributed by atoms with E-state index in [9.17, 15) is 14.4 Å². The lowest BCUT2D eigenvalue weighted by Crippen LogP contribution is -2.53. The van der Waals surface area contributed by atoms with Gasteiger partial charge in [0.1, 0.15) is 0 Å². The average molecular weight is 486 g/mol. The van der Waals surface area contributed by atoms with Crippen molar-refractivity contribution in [2.45, 2.75) is 26.7 Å². The zero-order chi connectivity index (χ0) is 22.4. The van der Waals surface area contributed by atoms with E-state index in [1.165, 1.54) is 4.90 Å². The summed E-state index contributed by atoms with van der Waals surface area (Å²) in [4.78, 5) is 41.7. The summed E-state index contributed by atoms with van der Waals surface area (Å²) in [6.07, 6.45) is 1.24. The summed E-state index contributed by atoms with van der Waals surface area (Å²) in [5.41, 5.74) is 1.35. The molecule has 7 heteroatoms. The van der Waals surface area contributed by atoms with Crippen LogP contribution in [0.5, 0.6) is 0 Å². The molecule has 2 aromatic rings. The summed E-state index contributed by atoms with van der Waals surface area (Å²) in [7, 11) is 0. The number of likely N-dealkylation sites (tertiary alicyclic amines) is 1. The smallest absolute Gasteiger partial charge is 0.331 e. The molecule has 164 valence electrons. The summed E-state index contributed by atoms with van der Waals surface area (Å²) >= 11 is 3.39. The molecule has 31 heavy (non-hydrogen) atoms. The average Bonchev–Trinajstić information content (AvgIpc) is 2.74. The Morgan fingerprint density at radius 1 is 1.00 bits per heavy atom. The third-order valence-electron chi connectivity index (χ3n) is 5.31. The minimum Gasteiger partial charge on any atom is -0.347 e. The largest absolute Gasteiger partial charge is 0.347 e. The van der Waals surface area contributed by atoms with Crippen molar-refractivity contribution >= 4 is 39.5 Å². The lowest BCUT2D eigenvalue weighted by molar-refractivity contribution is -0.124. The molecule has 6 nitrogen and oxygen atoms in total. The number of imide groups is 1. The molecule has 4 amide bonds. The third-order valence-corrected chi connectivity index (χ3v) is 5.84. The van der Waals surface area contributed by atoms with Gasteiger partial charge < -0.3 is 10.2 Å². The molecular weight excluding hydrogens is 458 g/mol. The van der Waals surface area contributed by atoms with E-state index in [1.54, 1.807) is 29.2 Å². The summed E-state index contributed by atoms with van der Waals surface area (Å²) in [5.74, 6) is 0.0304. The summed E-state index contributed by atoms with van der Waals surface area (Å²) < 4.78 is 0.854. The van der Waals surface area contributed by atoms with Gasteiger partial charge in [-0.25, -0.2) is 9.69 Å². The first-order valence-electron chi connectivity index (χ1n) is 10.5. The predicted octanol–water partition coefficient (Wildman–Crippen LogP) is 4.24.